The van der Waals surface area contributed by atoms with E-state index in [4.69, 9.17) is 0 Å². The zero-order valence-corrected chi connectivity index (χ0v) is 20.2. The van der Waals surface area contributed by atoms with Crippen molar-refractivity contribution >= 4 is 36.4 Å². The molecular formula is C26H38NP. The van der Waals surface area contributed by atoms with Gasteiger partial charge in [0.05, 0.1) is 11.0 Å². The summed E-state index contributed by atoms with van der Waals surface area (Å²) in [5.74, 6) is 0. The van der Waals surface area contributed by atoms with E-state index in [0.29, 0.717) is 0 Å². The van der Waals surface area contributed by atoms with Crippen molar-refractivity contribution in [1.82, 2.24) is 4.98 Å². The lowest BCUT2D eigenvalue weighted by Crippen LogP contribution is -2.12. The summed E-state index contributed by atoms with van der Waals surface area (Å²) in [5.41, 5.74) is 13.8. The van der Waals surface area contributed by atoms with Crippen LogP contribution in [0.5, 0.6) is 0 Å². The van der Waals surface area contributed by atoms with Crippen molar-refractivity contribution < 1.29 is 0 Å². The van der Waals surface area contributed by atoms with E-state index in [-0.39, 0.29) is 0 Å². The maximum atomic E-state index is 3.99. The first kappa shape index (κ1) is 21.4. The molecule has 0 bridgehead atoms. The summed E-state index contributed by atoms with van der Waals surface area (Å²) in [6, 6.07) is 0. The van der Waals surface area contributed by atoms with Crippen molar-refractivity contribution in [2.24, 2.45) is 0 Å². The lowest BCUT2D eigenvalue weighted by molar-refractivity contribution is 0.959. The van der Waals surface area contributed by atoms with Crippen molar-refractivity contribution in [2.75, 3.05) is 0 Å². The van der Waals surface area contributed by atoms with Gasteiger partial charge >= 0.3 is 0 Å². The molecule has 0 saturated heterocycles. The highest BCUT2D eigenvalue weighted by Gasteiger charge is 2.24. The topological polar surface area (TPSA) is 15.8 Å². The molecule has 2 heteroatoms. The molecule has 1 unspecified atom stereocenters. The number of H-pyrrole nitrogens is 1. The van der Waals surface area contributed by atoms with Crippen LogP contribution < -0.4 is 5.30 Å². The minimum atomic E-state index is 1.08. The predicted octanol–water partition coefficient (Wildman–Crippen LogP) is 6.76. The quantitative estimate of drug-likeness (QED) is 0.425. The number of nitrogens with one attached hydrogen (secondary N) is 1. The second-order valence-corrected chi connectivity index (χ2v) is 8.44. The van der Waals surface area contributed by atoms with E-state index in [1.165, 1.54) is 43.8 Å². The molecule has 1 aromatic heterocycles. The summed E-state index contributed by atoms with van der Waals surface area (Å²) in [4.78, 5) is 3.99. The summed E-state index contributed by atoms with van der Waals surface area (Å²) in [6.45, 7) is 16.3. The largest absolute Gasteiger partial charge is 0.354 e. The average molecular weight is 396 g/mol. The highest BCUT2D eigenvalue weighted by atomic mass is 31.0. The fraction of sp³-hybridized carbons (Fsp3) is 0.538. The highest BCUT2D eigenvalue weighted by molar-refractivity contribution is 7.27. The van der Waals surface area contributed by atoms with E-state index < -0.39 is 0 Å². The molecule has 0 spiro atoms. The predicted molar refractivity (Wildman–Crippen MR) is 131 cm³/mol. The molecule has 0 amide bonds. The Kier molecular flexibility index (Phi) is 6.55. The first-order chi connectivity index (χ1) is 13.5. The van der Waals surface area contributed by atoms with E-state index in [1.54, 1.807) is 22.3 Å². The molecule has 28 heavy (non-hydrogen) atoms. The van der Waals surface area contributed by atoms with Crippen LogP contribution in [0, 0.1) is 0 Å². The van der Waals surface area contributed by atoms with Crippen LogP contribution in [0.1, 0.15) is 87.4 Å². The molecule has 0 aliphatic heterocycles. The van der Waals surface area contributed by atoms with Gasteiger partial charge in [-0.05, 0) is 89.2 Å². The van der Waals surface area contributed by atoms with E-state index >= 15 is 0 Å². The first-order valence-electron chi connectivity index (χ1n) is 11.5. The SMILES string of the molecule is CCc1c(P)c(CC)c2c([nH]c3c(CC)c(CC)c(CC)c(CC)c32)c1CC. The first-order valence-corrected chi connectivity index (χ1v) is 12.0. The van der Waals surface area contributed by atoms with Crippen LogP contribution in [-0.4, -0.2) is 4.98 Å². The van der Waals surface area contributed by atoms with Crippen LogP contribution in [-0.2, 0) is 44.9 Å². The Hall–Kier alpha value is -1.33. The van der Waals surface area contributed by atoms with Crippen LogP contribution >= 0.6 is 9.24 Å². The van der Waals surface area contributed by atoms with Gasteiger partial charge in [0.15, 0.2) is 0 Å². The van der Waals surface area contributed by atoms with Crippen LogP contribution in [0.15, 0.2) is 0 Å². The van der Waals surface area contributed by atoms with E-state index in [1.807, 2.05) is 0 Å². The smallest absolute Gasteiger partial charge is 0.0503 e. The molecule has 1 nitrogen and oxygen atoms in total. The summed E-state index contributed by atoms with van der Waals surface area (Å²) in [5, 5.41) is 4.50. The minimum absolute atomic E-state index is 1.08. The van der Waals surface area contributed by atoms with Gasteiger partial charge in [-0.15, -0.1) is 9.24 Å². The van der Waals surface area contributed by atoms with Gasteiger partial charge in [-0.1, -0.05) is 48.5 Å². The number of aromatic nitrogens is 1. The van der Waals surface area contributed by atoms with Gasteiger partial charge in [0, 0.05) is 10.8 Å². The molecule has 0 saturated carbocycles. The summed E-state index contributed by atoms with van der Waals surface area (Å²) in [6.07, 6.45) is 7.73. The molecule has 0 radical (unpaired) electrons. The zero-order valence-electron chi connectivity index (χ0n) is 19.0. The van der Waals surface area contributed by atoms with Crippen LogP contribution in [0.4, 0.5) is 0 Å². The second kappa shape index (κ2) is 8.58. The molecular weight excluding hydrogens is 357 g/mol. The van der Waals surface area contributed by atoms with Crippen LogP contribution in [0.2, 0.25) is 0 Å². The normalized spacial score (nSPS) is 11.9. The number of fused-ring (bicyclic) bond motifs is 3. The molecule has 152 valence electrons. The Morgan fingerprint density at radius 1 is 0.464 bits per heavy atom. The number of aromatic amines is 1. The lowest BCUT2D eigenvalue weighted by Gasteiger charge is -2.20. The monoisotopic (exact) mass is 395 g/mol. The molecule has 0 aliphatic carbocycles. The van der Waals surface area contributed by atoms with E-state index in [9.17, 15) is 0 Å². The van der Waals surface area contributed by atoms with Gasteiger partial charge in [0.25, 0.3) is 0 Å². The fourth-order valence-electron chi connectivity index (χ4n) is 5.65. The fourth-order valence-corrected chi connectivity index (χ4v) is 6.37. The molecule has 1 N–H and O–H groups in total. The molecule has 3 rings (SSSR count). The number of benzene rings is 2. The Labute approximate surface area is 173 Å². The maximum absolute atomic E-state index is 3.99. The van der Waals surface area contributed by atoms with Gasteiger partial charge in [-0.25, -0.2) is 0 Å². The van der Waals surface area contributed by atoms with Gasteiger partial charge in [-0.2, -0.15) is 0 Å². The van der Waals surface area contributed by atoms with Gasteiger partial charge < -0.3 is 4.98 Å². The van der Waals surface area contributed by atoms with E-state index in [0.717, 1.165) is 44.9 Å². The maximum Gasteiger partial charge on any atom is 0.0503 e. The van der Waals surface area contributed by atoms with Crippen LogP contribution in [0.3, 0.4) is 0 Å². The van der Waals surface area contributed by atoms with Crippen molar-refractivity contribution in [2.45, 2.75) is 93.4 Å². The summed E-state index contributed by atoms with van der Waals surface area (Å²) >= 11 is 0. The van der Waals surface area contributed by atoms with Crippen LogP contribution in [0.25, 0.3) is 21.8 Å². The van der Waals surface area contributed by atoms with Crippen molar-refractivity contribution in [1.29, 1.82) is 0 Å². The molecule has 2 aromatic carbocycles. The third-order valence-corrected chi connectivity index (χ3v) is 7.49. The Balaban J connectivity index is 2.72. The summed E-state index contributed by atoms with van der Waals surface area (Å²) < 4.78 is 0. The number of aryl methyl sites for hydroxylation is 4. The third-order valence-electron chi connectivity index (χ3n) is 6.79. The van der Waals surface area contributed by atoms with E-state index in [2.05, 4.69) is 62.7 Å². The molecule has 3 aromatic rings. The standard InChI is InChI=1S/C26H38NP/c1-8-15-16(9-2)18(11-4)24-22(17(15)10-3)23-21(14-7)26(28)20(13-6)19(12-5)25(23)27-24/h27H,8-14,28H2,1-7H3. The molecule has 0 aliphatic rings. The minimum Gasteiger partial charge on any atom is -0.354 e. The molecule has 1 atom stereocenters. The lowest BCUT2D eigenvalue weighted by atomic mass is 9.85. The molecule has 0 fully saturated rings. The van der Waals surface area contributed by atoms with Crippen molar-refractivity contribution in [3.8, 4) is 0 Å². The Bertz CT molecular complexity index is 1020. The zero-order chi connectivity index (χ0) is 20.6. The highest BCUT2D eigenvalue weighted by Crippen LogP contribution is 2.40. The van der Waals surface area contributed by atoms with Gasteiger partial charge in [0.2, 0.25) is 0 Å². The van der Waals surface area contributed by atoms with Gasteiger partial charge in [-0.3, -0.25) is 0 Å². The summed E-state index contributed by atoms with van der Waals surface area (Å²) in [7, 11) is 3.10. The number of hydrogen-bond donors (Lipinski definition) is 1. The van der Waals surface area contributed by atoms with Crippen molar-refractivity contribution in [3.05, 3.63) is 38.9 Å². The number of hydrogen-bond acceptors (Lipinski definition) is 0. The Morgan fingerprint density at radius 2 is 0.821 bits per heavy atom. The third kappa shape index (κ3) is 2.93. The molecule has 1 heterocycles. The Morgan fingerprint density at radius 3 is 1.25 bits per heavy atom. The second-order valence-electron chi connectivity index (χ2n) is 7.86. The van der Waals surface area contributed by atoms with Gasteiger partial charge in [0.1, 0.15) is 0 Å². The average Bonchev–Trinajstić information content (AvgIpc) is 3.10. The van der Waals surface area contributed by atoms with Crippen molar-refractivity contribution in [3.63, 3.8) is 0 Å². The number of rotatable bonds is 7.